The monoisotopic (exact) mass is 794 g/mol. The van der Waals surface area contributed by atoms with Crippen LogP contribution < -0.4 is 0 Å². The van der Waals surface area contributed by atoms with Gasteiger partial charge in [-0.2, -0.15) is 101 Å². The first-order valence-electron chi connectivity index (χ1n) is 17.2. The van der Waals surface area contributed by atoms with Crippen molar-refractivity contribution in [2.24, 2.45) is 4.99 Å². The molecule has 0 spiro atoms. The van der Waals surface area contributed by atoms with Crippen molar-refractivity contribution in [2.45, 2.75) is 120 Å². The van der Waals surface area contributed by atoms with Crippen molar-refractivity contribution in [3.63, 3.8) is 0 Å². The summed E-state index contributed by atoms with van der Waals surface area (Å²) in [5.41, 5.74) is 6.35. The van der Waals surface area contributed by atoms with E-state index in [4.69, 9.17) is 22.9 Å². The van der Waals surface area contributed by atoms with Gasteiger partial charge in [-0.05, 0) is 36.3 Å². The van der Waals surface area contributed by atoms with Crippen molar-refractivity contribution < 1.29 is 49.4 Å². The first-order chi connectivity index (χ1) is 22.4. The van der Waals surface area contributed by atoms with Crippen LogP contribution in [0.2, 0.25) is 0 Å². The number of hydrogen-bond acceptors (Lipinski definition) is 2. The predicted molar refractivity (Wildman–Crippen MR) is 206 cm³/mol. The molecule has 4 bridgehead atoms. The van der Waals surface area contributed by atoms with Crippen LogP contribution in [0.1, 0.15) is 109 Å². The van der Waals surface area contributed by atoms with Crippen molar-refractivity contribution in [1.29, 1.82) is 0 Å². The Labute approximate surface area is 335 Å². The number of hydrogen-bond donors (Lipinski definition) is 0. The van der Waals surface area contributed by atoms with Gasteiger partial charge in [0.15, 0.2) is 0 Å². The Morgan fingerprint density at radius 1 is 0.638 bits per heavy atom. The van der Waals surface area contributed by atoms with Crippen LogP contribution in [0.3, 0.4) is 0 Å². The average molecular weight is 794 g/mol. The normalized spacial score (nSPS) is 14.3. The molecule has 0 aromatic heterocycles. The maximum Gasteiger partial charge on any atom is 3.00 e. The third-order valence-corrected chi connectivity index (χ3v) is 5.63. The van der Waals surface area contributed by atoms with Crippen LogP contribution in [0.5, 0.6) is 0 Å². The van der Waals surface area contributed by atoms with Gasteiger partial charge in [-0.1, -0.05) is 93.2 Å². The number of aliphatic imine (C=N–C) groups is 1. The van der Waals surface area contributed by atoms with Gasteiger partial charge in [-0.15, -0.1) is 26.2 Å². The summed E-state index contributed by atoms with van der Waals surface area (Å²) in [6, 6.07) is 27.5. The Morgan fingerprint density at radius 3 is 1.47 bits per heavy atom. The van der Waals surface area contributed by atoms with Gasteiger partial charge in [0.25, 0.3) is 0 Å². The van der Waals surface area contributed by atoms with Crippen LogP contribution >= 0.6 is 12.2 Å². The van der Waals surface area contributed by atoms with E-state index >= 15 is 0 Å². The first-order valence-corrected chi connectivity index (χ1v) is 17.6. The van der Waals surface area contributed by atoms with E-state index in [-0.39, 0.29) is 55.4 Å². The molecule has 260 valence electrons. The van der Waals surface area contributed by atoms with Crippen LogP contribution in [-0.4, -0.2) is 30.8 Å². The molecule has 5 nitrogen and oxygen atoms in total. The summed E-state index contributed by atoms with van der Waals surface area (Å²) in [7, 11) is 0. The van der Waals surface area contributed by atoms with Crippen molar-refractivity contribution in [3.8, 4) is 0 Å². The van der Waals surface area contributed by atoms with E-state index in [9.17, 15) is 0 Å². The van der Waals surface area contributed by atoms with E-state index in [0.717, 1.165) is 40.9 Å². The summed E-state index contributed by atoms with van der Waals surface area (Å²) in [6.45, 7) is 21.6. The van der Waals surface area contributed by atoms with E-state index in [1.54, 1.807) is 0 Å². The molecule has 7 heteroatoms. The average Bonchev–Trinajstić information content (AvgIpc) is 3.04. The summed E-state index contributed by atoms with van der Waals surface area (Å²) >= 11 is 4.70. The molecular weight excluding hydrogens is 735 g/mol. The van der Waals surface area contributed by atoms with Gasteiger partial charge in [-0.3, -0.25) is 0 Å². The molecule has 1 aliphatic rings. The molecule has 47 heavy (non-hydrogen) atoms. The van der Waals surface area contributed by atoms with Crippen LogP contribution in [-0.2, 0) is 32.6 Å². The quantitative estimate of drug-likeness (QED) is 0.148. The SMILES string of the molecule is CCC.CCC.CCC.CCC.S=C=Nc1ccc(CC2C[N-]Cc3[c-]c(ccc3)C[N-]CC[N-]Cc3[c-]c(ccc3)C[N-]2)cc1.[Eu+3]. The molecule has 0 saturated heterocycles. The van der Waals surface area contributed by atoms with E-state index < -0.39 is 0 Å². The van der Waals surface area contributed by atoms with Gasteiger partial charge in [0.1, 0.15) is 0 Å². The number of isothiocyanates is 1. The molecule has 0 fully saturated rings. The fraction of sp³-hybridized carbons (Fsp3) is 0.525. The predicted octanol–water partition coefficient (Wildman–Crippen LogP) is 12.5. The zero-order valence-electron chi connectivity index (χ0n) is 30.4. The van der Waals surface area contributed by atoms with Gasteiger partial charge in [-0.25, -0.2) is 0 Å². The van der Waals surface area contributed by atoms with E-state index in [1.165, 1.54) is 31.2 Å². The summed E-state index contributed by atoms with van der Waals surface area (Å²) in [4.78, 5) is 4.03. The summed E-state index contributed by atoms with van der Waals surface area (Å²) < 4.78 is 0. The molecule has 1 aliphatic heterocycles. The molecule has 0 radical (unpaired) electrons. The second kappa shape index (κ2) is 34.7. The Morgan fingerprint density at radius 2 is 1.04 bits per heavy atom. The third-order valence-electron chi connectivity index (χ3n) is 5.54. The molecule has 0 saturated carbocycles. The molecule has 1 unspecified atom stereocenters. The molecule has 1 atom stereocenters. The van der Waals surface area contributed by atoms with Crippen molar-refractivity contribution in [3.05, 3.63) is 122 Å². The maximum absolute atomic E-state index is 5.01. The van der Waals surface area contributed by atoms with E-state index in [2.05, 4.69) is 137 Å². The van der Waals surface area contributed by atoms with Crippen LogP contribution in [0, 0.1) is 61.5 Å². The van der Waals surface area contributed by atoms with Gasteiger partial charge in [0.2, 0.25) is 0 Å². The Hall–Kier alpha value is -1.12. The largest absolute Gasteiger partial charge is 3.00 e. The molecular formula is C40H59EuN5S-3. The summed E-state index contributed by atoms with van der Waals surface area (Å²) in [6.07, 6.45) is 5.81. The Kier molecular flexibility index (Phi) is 35.5. The minimum atomic E-state index is 0. The van der Waals surface area contributed by atoms with Gasteiger partial charge in [0.05, 0.1) is 10.8 Å². The topological polar surface area (TPSA) is 68.8 Å². The molecule has 3 aromatic carbocycles. The van der Waals surface area contributed by atoms with Gasteiger partial charge in [0, 0.05) is 0 Å². The smallest absolute Gasteiger partial charge is 0.662 e. The fourth-order valence-corrected chi connectivity index (χ4v) is 3.93. The zero-order chi connectivity index (χ0) is 34.3. The molecule has 0 amide bonds. The number of rotatable bonds is 3. The number of fused-ring (bicyclic) bond motifs is 4. The van der Waals surface area contributed by atoms with Crippen molar-refractivity contribution in [1.82, 2.24) is 0 Å². The maximum atomic E-state index is 5.01. The van der Waals surface area contributed by atoms with Gasteiger partial charge < -0.3 is 21.3 Å². The van der Waals surface area contributed by atoms with E-state index in [1.807, 2.05) is 12.1 Å². The molecule has 1 heterocycles. The molecule has 4 rings (SSSR count). The van der Waals surface area contributed by atoms with Crippen LogP contribution in [0.25, 0.3) is 21.3 Å². The number of thiocarbonyl (C=S) groups is 1. The summed E-state index contributed by atoms with van der Waals surface area (Å²) in [5.74, 6) is 0. The molecule has 0 aliphatic carbocycles. The number of benzene rings is 3. The molecule has 0 N–H and O–H groups in total. The molecule has 3 aromatic rings. The minimum Gasteiger partial charge on any atom is -0.662 e. The zero-order valence-corrected chi connectivity index (χ0v) is 33.6. The Bertz CT molecular complexity index is 1160. The second-order valence-corrected chi connectivity index (χ2v) is 11.3. The first kappa shape index (κ1) is 48.0. The van der Waals surface area contributed by atoms with E-state index in [0.29, 0.717) is 39.3 Å². The van der Waals surface area contributed by atoms with Crippen LogP contribution in [0.15, 0.2) is 65.7 Å². The summed E-state index contributed by atoms with van der Waals surface area (Å²) in [5, 5.41) is 21.5. The second-order valence-electron chi connectivity index (χ2n) is 11.1. The van der Waals surface area contributed by atoms with Crippen LogP contribution in [0.4, 0.5) is 5.69 Å². The van der Waals surface area contributed by atoms with Crippen molar-refractivity contribution >= 4 is 23.1 Å². The number of nitrogens with zero attached hydrogens (tertiary/aromatic N) is 5. The standard InChI is InChI=1S/C28H27N5S.4C3H8.Eu/c34-21-33-27-9-7-22(8-10-27)15-28-20-31-18-25-5-1-3-23(13-25)16-29-11-12-30-17-24-4-2-6-26(14-24)19-32-28;4*1-3-2;/h1-10,28H,11-12,15-20H2;4*3H2,1-2H3;/q-6;;;;;+3. The van der Waals surface area contributed by atoms with Gasteiger partial charge >= 0.3 is 49.4 Å². The fourth-order valence-electron chi connectivity index (χ4n) is 3.83. The minimum absolute atomic E-state index is 0. The van der Waals surface area contributed by atoms with Crippen molar-refractivity contribution in [2.75, 3.05) is 19.6 Å². The third kappa shape index (κ3) is 26.4. The Balaban J connectivity index is 0.